The van der Waals surface area contributed by atoms with Crippen molar-refractivity contribution in [2.75, 3.05) is 26.3 Å². The zero-order valence-electron chi connectivity index (χ0n) is 10.4. The molecule has 5 nitrogen and oxygen atoms in total. The Morgan fingerprint density at radius 3 is 2.82 bits per heavy atom. The van der Waals surface area contributed by atoms with E-state index in [1.165, 1.54) is 0 Å². The second kappa shape index (κ2) is 6.14. The van der Waals surface area contributed by atoms with Crippen LogP contribution in [0, 0.1) is 0 Å². The summed E-state index contributed by atoms with van der Waals surface area (Å²) in [4.78, 5) is 6.74. The first-order valence-electron chi connectivity index (χ1n) is 6.20. The molecule has 1 aliphatic heterocycles. The average Bonchev–Trinajstić information content (AvgIpc) is 2.74. The third-order valence-corrected chi connectivity index (χ3v) is 3.27. The summed E-state index contributed by atoms with van der Waals surface area (Å²) in [5.41, 5.74) is 0. The third-order valence-electron chi connectivity index (χ3n) is 3.27. The van der Waals surface area contributed by atoms with Crippen molar-refractivity contribution in [3.63, 3.8) is 0 Å². The number of aliphatic hydroxyl groups is 1. The van der Waals surface area contributed by atoms with E-state index in [4.69, 9.17) is 9.84 Å². The predicted molar refractivity (Wildman–Crippen MR) is 64.5 cm³/mol. The molecule has 1 N–H and O–H groups in total. The van der Waals surface area contributed by atoms with Gasteiger partial charge in [-0.05, 0) is 12.8 Å². The first-order valence-corrected chi connectivity index (χ1v) is 6.20. The van der Waals surface area contributed by atoms with Crippen LogP contribution in [0.5, 0.6) is 0 Å². The Kier molecular flexibility index (Phi) is 4.53. The van der Waals surface area contributed by atoms with Crippen molar-refractivity contribution in [1.82, 2.24) is 14.5 Å². The minimum Gasteiger partial charge on any atom is -0.394 e. The molecule has 0 radical (unpaired) electrons. The van der Waals surface area contributed by atoms with Crippen LogP contribution in [0.1, 0.15) is 18.7 Å². The molecule has 0 atom stereocenters. The van der Waals surface area contributed by atoms with Gasteiger partial charge in [0.2, 0.25) is 0 Å². The fourth-order valence-electron chi connectivity index (χ4n) is 2.20. The van der Waals surface area contributed by atoms with Crippen molar-refractivity contribution in [3.05, 3.63) is 18.2 Å². The standard InChI is InChI=1S/C12H21N3O2/c1-14-7-4-13-12(14)10-15-5-2-11(3-6-15)17-9-8-16/h4,7,11,16H,2-3,5-6,8-10H2,1H3. The maximum Gasteiger partial charge on any atom is 0.122 e. The maximum absolute atomic E-state index is 8.70. The van der Waals surface area contributed by atoms with E-state index in [2.05, 4.69) is 14.5 Å². The number of aromatic nitrogens is 2. The van der Waals surface area contributed by atoms with Crippen molar-refractivity contribution in [1.29, 1.82) is 0 Å². The molecule has 17 heavy (non-hydrogen) atoms. The van der Waals surface area contributed by atoms with E-state index in [1.807, 2.05) is 19.4 Å². The highest BCUT2D eigenvalue weighted by atomic mass is 16.5. The summed E-state index contributed by atoms with van der Waals surface area (Å²) in [7, 11) is 2.03. The van der Waals surface area contributed by atoms with E-state index < -0.39 is 0 Å². The van der Waals surface area contributed by atoms with Crippen LogP contribution in [0.2, 0.25) is 0 Å². The fourth-order valence-corrected chi connectivity index (χ4v) is 2.20. The smallest absolute Gasteiger partial charge is 0.122 e. The number of piperidine rings is 1. The lowest BCUT2D eigenvalue weighted by Gasteiger charge is -2.31. The fraction of sp³-hybridized carbons (Fsp3) is 0.750. The summed E-state index contributed by atoms with van der Waals surface area (Å²) in [5.74, 6) is 1.11. The second-order valence-electron chi connectivity index (χ2n) is 4.52. The number of ether oxygens (including phenoxy) is 1. The van der Waals surface area contributed by atoms with Crippen LogP contribution in [0.3, 0.4) is 0 Å². The van der Waals surface area contributed by atoms with E-state index in [0.717, 1.165) is 38.3 Å². The molecule has 1 aromatic heterocycles. The topological polar surface area (TPSA) is 50.5 Å². The van der Waals surface area contributed by atoms with Gasteiger partial charge >= 0.3 is 0 Å². The molecule has 5 heteroatoms. The van der Waals surface area contributed by atoms with Gasteiger partial charge in [-0.2, -0.15) is 0 Å². The number of hydrogen-bond acceptors (Lipinski definition) is 4. The van der Waals surface area contributed by atoms with Gasteiger partial charge < -0.3 is 14.4 Å². The van der Waals surface area contributed by atoms with Gasteiger partial charge in [0.1, 0.15) is 5.82 Å². The lowest BCUT2D eigenvalue weighted by Crippen LogP contribution is -2.37. The molecule has 0 spiro atoms. The molecule has 0 aromatic carbocycles. The summed E-state index contributed by atoms with van der Waals surface area (Å²) in [6.07, 6.45) is 6.23. The van der Waals surface area contributed by atoms with Crippen molar-refractivity contribution in [2.45, 2.75) is 25.5 Å². The summed E-state index contributed by atoms with van der Waals surface area (Å²) in [5, 5.41) is 8.70. The van der Waals surface area contributed by atoms with Crippen molar-refractivity contribution in [3.8, 4) is 0 Å². The summed E-state index contributed by atoms with van der Waals surface area (Å²) in [6.45, 7) is 3.58. The molecule has 0 saturated carbocycles. The molecular weight excluding hydrogens is 218 g/mol. The SMILES string of the molecule is Cn1ccnc1CN1CCC(OCCO)CC1. The van der Waals surface area contributed by atoms with E-state index in [0.29, 0.717) is 12.7 Å². The number of hydrogen-bond donors (Lipinski definition) is 1. The van der Waals surface area contributed by atoms with Gasteiger partial charge in [0.25, 0.3) is 0 Å². The number of rotatable bonds is 5. The Labute approximate surface area is 102 Å². The van der Waals surface area contributed by atoms with E-state index in [1.54, 1.807) is 0 Å². The molecular formula is C12H21N3O2. The zero-order chi connectivity index (χ0) is 12.1. The van der Waals surface area contributed by atoms with Gasteiger partial charge in [-0.25, -0.2) is 4.98 Å². The summed E-state index contributed by atoms with van der Waals surface area (Å²) in [6, 6.07) is 0. The average molecular weight is 239 g/mol. The van der Waals surface area contributed by atoms with Crippen LogP contribution >= 0.6 is 0 Å². The molecule has 1 aliphatic rings. The van der Waals surface area contributed by atoms with E-state index in [9.17, 15) is 0 Å². The van der Waals surface area contributed by atoms with Gasteiger partial charge in [-0.15, -0.1) is 0 Å². The van der Waals surface area contributed by atoms with Gasteiger partial charge in [-0.3, -0.25) is 4.90 Å². The van der Waals surface area contributed by atoms with Crippen LogP contribution < -0.4 is 0 Å². The Morgan fingerprint density at radius 2 is 2.24 bits per heavy atom. The van der Waals surface area contributed by atoms with E-state index >= 15 is 0 Å². The lowest BCUT2D eigenvalue weighted by molar-refractivity contribution is -0.00948. The number of nitrogens with zero attached hydrogens (tertiary/aromatic N) is 3. The molecule has 0 unspecified atom stereocenters. The molecule has 1 fully saturated rings. The largest absolute Gasteiger partial charge is 0.394 e. The van der Waals surface area contributed by atoms with Gasteiger partial charge in [-0.1, -0.05) is 0 Å². The normalized spacial score (nSPS) is 18.7. The number of imidazole rings is 1. The predicted octanol–water partition coefficient (Wildman–Crippen LogP) is 0.393. The molecule has 0 bridgehead atoms. The quantitative estimate of drug-likeness (QED) is 0.808. The van der Waals surface area contributed by atoms with Crippen molar-refractivity contribution in [2.24, 2.45) is 7.05 Å². The van der Waals surface area contributed by atoms with Crippen LogP contribution in [-0.2, 0) is 18.3 Å². The van der Waals surface area contributed by atoms with Crippen molar-refractivity contribution < 1.29 is 9.84 Å². The Hall–Kier alpha value is -0.910. The molecule has 2 heterocycles. The van der Waals surface area contributed by atoms with Gasteiger partial charge in [0.15, 0.2) is 0 Å². The zero-order valence-corrected chi connectivity index (χ0v) is 10.4. The number of aliphatic hydroxyl groups excluding tert-OH is 1. The van der Waals surface area contributed by atoms with Crippen LogP contribution in [0.15, 0.2) is 12.4 Å². The highest BCUT2D eigenvalue weighted by molar-refractivity contribution is 4.91. The van der Waals surface area contributed by atoms with Crippen LogP contribution in [0.4, 0.5) is 0 Å². The molecule has 1 saturated heterocycles. The number of likely N-dealkylation sites (tertiary alicyclic amines) is 1. The molecule has 1 aromatic rings. The van der Waals surface area contributed by atoms with Crippen LogP contribution in [0.25, 0.3) is 0 Å². The van der Waals surface area contributed by atoms with Gasteiger partial charge in [0.05, 0.1) is 25.9 Å². The first kappa shape index (κ1) is 12.5. The highest BCUT2D eigenvalue weighted by Crippen LogP contribution is 2.15. The minimum atomic E-state index is 0.119. The molecule has 0 aliphatic carbocycles. The van der Waals surface area contributed by atoms with Crippen LogP contribution in [-0.4, -0.2) is 52.0 Å². The second-order valence-corrected chi connectivity index (χ2v) is 4.52. The molecule has 2 rings (SSSR count). The third kappa shape index (κ3) is 3.52. The van der Waals surface area contributed by atoms with Crippen molar-refractivity contribution >= 4 is 0 Å². The molecule has 0 amide bonds. The number of aryl methyl sites for hydroxylation is 1. The summed E-state index contributed by atoms with van der Waals surface area (Å²) < 4.78 is 7.61. The lowest BCUT2D eigenvalue weighted by atomic mass is 10.1. The van der Waals surface area contributed by atoms with Gasteiger partial charge in [0, 0.05) is 32.5 Å². The molecule has 96 valence electrons. The monoisotopic (exact) mass is 239 g/mol. The van der Waals surface area contributed by atoms with E-state index in [-0.39, 0.29) is 6.61 Å². The maximum atomic E-state index is 8.70. The Balaban J connectivity index is 1.74. The summed E-state index contributed by atoms with van der Waals surface area (Å²) >= 11 is 0. The minimum absolute atomic E-state index is 0.119. The highest BCUT2D eigenvalue weighted by Gasteiger charge is 2.20. The Morgan fingerprint density at radius 1 is 1.47 bits per heavy atom. The Bertz CT molecular complexity index is 332. The first-order chi connectivity index (χ1) is 8.29.